The number of hydrogen-bond donors (Lipinski definition) is 1. The summed E-state index contributed by atoms with van der Waals surface area (Å²) >= 11 is 0. The fraction of sp³-hybridized carbons (Fsp3) is 0.129. The van der Waals surface area contributed by atoms with Crippen molar-refractivity contribution in [1.29, 1.82) is 0 Å². The van der Waals surface area contributed by atoms with Gasteiger partial charge in [0.25, 0.3) is 0 Å². The summed E-state index contributed by atoms with van der Waals surface area (Å²) in [6.45, 7) is 5.78. The molecule has 0 fully saturated rings. The molecule has 0 amide bonds. The van der Waals surface area contributed by atoms with Gasteiger partial charge in [-0.2, -0.15) is 5.10 Å². The van der Waals surface area contributed by atoms with Gasteiger partial charge in [-0.1, -0.05) is 78.4 Å². The summed E-state index contributed by atoms with van der Waals surface area (Å²) < 4.78 is 6.82. The molecular weight excluding hydrogens is 462 g/mol. The largest absolute Gasteiger partial charge is 0.461 e. The maximum atomic E-state index is 14.3. The van der Waals surface area contributed by atoms with E-state index in [1.165, 1.54) is 0 Å². The monoisotopic (exact) mass is 489 g/mol. The number of H-pyrrole nitrogens is 1. The number of esters is 1. The van der Waals surface area contributed by atoms with Crippen LogP contribution in [0.5, 0.6) is 0 Å². The van der Waals surface area contributed by atoms with Gasteiger partial charge in [0, 0.05) is 17.5 Å². The molecule has 0 atom stereocenters. The van der Waals surface area contributed by atoms with Crippen LogP contribution in [0.15, 0.2) is 91.1 Å². The lowest BCUT2D eigenvalue weighted by atomic mass is 9.92. The molecule has 0 saturated carbocycles. The molecular formula is C31H27N3O3. The van der Waals surface area contributed by atoms with Gasteiger partial charge in [0.2, 0.25) is 0 Å². The molecule has 0 aliphatic carbocycles. The van der Waals surface area contributed by atoms with Gasteiger partial charge in [-0.25, -0.2) is 9.48 Å². The van der Waals surface area contributed by atoms with Crippen LogP contribution in [0.4, 0.5) is 0 Å². The van der Waals surface area contributed by atoms with E-state index in [1.54, 1.807) is 17.8 Å². The average molecular weight is 490 g/mol. The van der Waals surface area contributed by atoms with Crippen molar-refractivity contribution in [3.63, 3.8) is 0 Å². The predicted octanol–water partition coefficient (Wildman–Crippen LogP) is 6.56. The average Bonchev–Trinajstić information content (AvgIpc) is 3.52. The highest BCUT2D eigenvalue weighted by atomic mass is 16.5. The van der Waals surface area contributed by atoms with Crippen LogP contribution in [0.25, 0.3) is 28.1 Å². The Balaban J connectivity index is 1.71. The highest BCUT2D eigenvalue weighted by Gasteiger charge is 2.30. The van der Waals surface area contributed by atoms with Gasteiger partial charge in [-0.3, -0.25) is 4.79 Å². The molecule has 0 unspecified atom stereocenters. The third-order valence-electron chi connectivity index (χ3n) is 6.27. The quantitative estimate of drug-likeness (QED) is 0.207. The highest BCUT2D eigenvalue weighted by Crippen LogP contribution is 2.38. The van der Waals surface area contributed by atoms with Crippen LogP contribution in [0.2, 0.25) is 0 Å². The van der Waals surface area contributed by atoms with Crippen LogP contribution in [-0.2, 0) is 4.74 Å². The smallest absolute Gasteiger partial charge is 0.359 e. The van der Waals surface area contributed by atoms with Crippen LogP contribution in [0.3, 0.4) is 0 Å². The van der Waals surface area contributed by atoms with Crippen molar-refractivity contribution >= 4 is 11.8 Å². The van der Waals surface area contributed by atoms with E-state index in [0.717, 1.165) is 33.6 Å². The molecule has 1 N–H and O–H groups in total. The number of hydrogen-bond acceptors (Lipinski definition) is 4. The fourth-order valence-electron chi connectivity index (χ4n) is 4.48. The number of ether oxygens (including phenoxy) is 1. The Hall–Kier alpha value is -4.71. The van der Waals surface area contributed by atoms with E-state index in [1.807, 2.05) is 98.8 Å². The van der Waals surface area contributed by atoms with Gasteiger partial charge in [0.05, 0.1) is 29.1 Å². The number of carbonyl (C=O) groups excluding carboxylic acids is 2. The molecule has 6 nitrogen and oxygen atoms in total. The molecule has 0 radical (unpaired) electrons. The maximum Gasteiger partial charge on any atom is 0.359 e. The number of aromatic amines is 1. The molecule has 2 aromatic heterocycles. The Morgan fingerprint density at radius 2 is 1.49 bits per heavy atom. The molecule has 0 saturated heterocycles. The third kappa shape index (κ3) is 4.61. The second-order valence-corrected chi connectivity index (χ2v) is 8.83. The SMILES string of the molecule is CCOC(=O)c1nn(-c2ccc(C)cc2)cc1C(=O)c1c(C)[nH]c(-c2ccccc2)c1-c1ccccc1. The first-order chi connectivity index (χ1) is 18.0. The van der Waals surface area contributed by atoms with Gasteiger partial charge >= 0.3 is 5.97 Å². The van der Waals surface area contributed by atoms with E-state index in [0.29, 0.717) is 11.3 Å². The lowest BCUT2D eigenvalue weighted by Gasteiger charge is -2.09. The maximum absolute atomic E-state index is 14.3. The van der Waals surface area contributed by atoms with E-state index in [2.05, 4.69) is 10.1 Å². The second kappa shape index (κ2) is 10.1. The van der Waals surface area contributed by atoms with Gasteiger partial charge in [-0.15, -0.1) is 0 Å². The van der Waals surface area contributed by atoms with Crippen molar-refractivity contribution in [3.8, 4) is 28.1 Å². The van der Waals surface area contributed by atoms with Crippen molar-refractivity contribution in [2.24, 2.45) is 0 Å². The molecule has 0 spiro atoms. The number of carbonyl (C=O) groups is 2. The van der Waals surface area contributed by atoms with Crippen molar-refractivity contribution in [1.82, 2.24) is 14.8 Å². The van der Waals surface area contributed by atoms with Crippen LogP contribution in [0, 0.1) is 13.8 Å². The summed E-state index contributed by atoms with van der Waals surface area (Å²) in [6, 6.07) is 27.4. The molecule has 3 aromatic carbocycles. The van der Waals surface area contributed by atoms with Crippen molar-refractivity contribution < 1.29 is 14.3 Å². The lowest BCUT2D eigenvalue weighted by molar-refractivity contribution is 0.0516. The summed E-state index contributed by atoms with van der Waals surface area (Å²) in [5, 5.41) is 4.48. The van der Waals surface area contributed by atoms with E-state index in [9.17, 15) is 9.59 Å². The van der Waals surface area contributed by atoms with Crippen molar-refractivity contribution in [2.45, 2.75) is 20.8 Å². The number of nitrogens with one attached hydrogen (secondary N) is 1. The molecule has 0 bridgehead atoms. The molecule has 0 aliphatic rings. The minimum absolute atomic E-state index is 0.00621. The minimum Gasteiger partial charge on any atom is -0.461 e. The highest BCUT2D eigenvalue weighted by molar-refractivity contribution is 6.18. The minimum atomic E-state index is -0.630. The summed E-state index contributed by atoms with van der Waals surface area (Å²) in [7, 11) is 0. The topological polar surface area (TPSA) is 77.0 Å². The van der Waals surface area contributed by atoms with Gasteiger partial charge in [0.15, 0.2) is 11.5 Å². The van der Waals surface area contributed by atoms with Gasteiger partial charge in [0.1, 0.15) is 0 Å². The summed E-state index contributed by atoms with van der Waals surface area (Å²) in [4.78, 5) is 30.6. The summed E-state index contributed by atoms with van der Waals surface area (Å²) in [6.07, 6.45) is 1.61. The number of aryl methyl sites for hydroxylation is 2. The Bertz CT molecular complexity index is 1560. The summed E-state index contributed by atoms with van der Waals surface area (Å²) in [5.41, 5.74) is 6.73. The van der Waals surface area contributed by atoms with Crippen LogP contribution in [0.1, 0.15) is 44.6 Å². The second-order valence-electron chi connectivity index (χ2n) is 8.83. The summed E-state index contributed by atoms with van der Waals surface area (Å²) in [5.74, 6) is -0.925. The first-order valence-electron chi connectivity index (χ1n) is 12.2. The van der Waals surface area contributed by atoms with Gasteiger partial charge in [-0.05, 0) is 44.0 Å². The molecule has 0 aliphatic heterocycles. The van der Waals surface area contributed by atoms with Gasteiger partial charge < -0.3 is 9.72 Å². The number of rotatable bonds is 7. The molecule has 6 heteroatoms. The molecule has 5 aromatic rings. The predicted molar refractivity (Wildman–Crippen MR) is 144 cm³/mol. The Kier molecular flexibility index (Phi) is 6.56. The zero-order chi connectivity index (χ0) is 25.9. The van der Waals surface area contributed by atoms with E-state index >= 15 is 0 Å². The standard InChI is InChI=1S/C31H27N3O3/c1-4-37-31(36)29-25(19-34(33-29)24-17-15-20(2)16-18-24)30(35)26-21(3)32-28(23-13-9-6-10-14-23)27(26)22-11-7-5-8-12-22/h5-19,32H,4H2,1-3H3. The molecule has 2 heterocycles. The van der Waals surface area contributed by atoms with Crippen molar-refractivity contribution in [3.05, 3.63) is 119 Å². The fourth-order valence-corrected chi connectivity index (χ4v) is 4.48. The van der Waals surface area contributed by atoms with E-state index < -0.39 is 5.97 Å². The normalized spacial score (nSPS) is 10.9. The molecule has 184 valence electrons. The molecule has 5 rings (SSSR count). The molecule has 37 heavy (non-hydrogen) atoms. The third-order valence-corrected chi connectivity index (χ3v) is 6.27. The zero-order valence-electron chi connectivity index (χ0n) is 21.0. The van der Waals surface area contributed by atoms with Crippen LogP contribution >= 0.6 is 0 Å². The lowest BCUT2D eigenvalue weighted by Crippen LogP contribution is -2.13. The Morgan fingerprint density at radius 3 is 2.11 bits per heavy atom. The Morgan fingerprint density at radius 1 is 0.865 bits per heavy atom. The van der Waals surface area contributed by atoms with Crippen LogP contribution in [-0.4, -0.2) is 33.1 Å². The number of benzene rings is 3. The van der Waals surface area contributed by atoms with Crippen molar-refractivity contribution in [2.75, 3.05) is 6.61 Å². The first-order valence-corrected chi connectivity index (χ1v) is 12.2. The Labute approximate surface area is 215 Å². The van der Waals surface area contributed by atoms with E-state index in [4.69, 9.17) is 4.74 Å². The first kappa shape index (κ1) is 24.0. The number of nitrogens with zero attached hydrogens (tertiary/aromatic N) is 2. The van der Waals surface area contributed by atoms with E-state index in [-0.39, 0.29) is 23.6 Å². The number of ketones is 1. The number of aromatic nitrogens is 3. The van der Waals surface area contributed by atoms with Crippen LogP contribution < -0.4 is 0 Å². The zero-order valence-corrected chi connectivity index (χ0v) is 21.0.